The Kier molecular flexibility index (Phi) is 5.58. The van der Waals surface area contributed by atoms with Gasteiger partial charge in [-0.25, -0.2) is 0 Å². The van der Waals surface area contributed by atoms with Crippen molar-refractivity contribution in [2.45, 2.75) is 12.7 Å². The van der Waals surface area contributed by atoms with Gasteiger partial charge in [-0.1, -0.05) is 24.3 Å². The number of benzene rings is 2. The summed E-state index contributed by atoms with van der Waals surface area (Å²) in [6.07, 6.45) is 1.69. The fraction of sp³-hybridized carbons (Fsp3) is 0.0833. The summed E-state index contributed by atoms with van der Waals surface area (Å²) in [6, 6.07) is 14.2. The van der Waals surface area contributed by atoms with Gasteiger partial charge < -0.3 is 5.32 Å². The van der Waals surface area contributed by atoms with Crippen LogP contribution in [-0.2, 0) is 6.54 Å². The molecule has 0 fully saturated rings. The highest BCUT2D eigenvalue weighted by Crippen LogP contribution is 2.32. The number of nitrogens with one attached hydrogen (secondary N) is 1. The summed E-state index contributed by atoms with van der Waals surface area (Å²) in [5, 5.41) is 7.40. The topological polar surface area (TPSA) is 72.7 Å². The standard InChI is InChI=1S/C24H16F3N5OS/c25-24(26,27)13-32-12-17(10-30-32)18-8-9-29-22-19(18)2-1-3-20(22)31-23(33)16-6-4-15(5-7-16)21-11-28-14-34-21/h1-12,14H,13H2,(H,31,33). The van der Waals surface area contributed by atoms with Crippen LogP contribution in [0, 0.1) is 0 Å². The minimum atomic E-state index is -4.36. The number of para-hydroxylation sites is 1. The number of halogens is 3. The first kappa shape index (κ1) is 21.8. The minimum Gasteiger partial charge on any atom is -0.320 e. The van der Waals surface area contributed by atoms with Crippen LogP contribution >= 0.6 is 11.3 Å². The van der Waals surface area contributed by atoms with Crippen LogP contribution in [0.1, 0.15) is 10.4 Å². The maximum absolute atomic E-state index is 12.9. The maximum Gasteiger partial charge on any atom is 0.408 e. The van der Waals surface area contributed by atoms with Gasteiger partial charge in [0.15, 0.2) is 0 Å². The Bertz CT molecular complexity index is 1460. The molecule has 5 rings (SSSR count). The van der Waals surface area contributed by atoms with E-state index >= 15 is 0 Å². The van der Waals surface area contributed by atoms with Crippen LogP contribution in [0.5, 0.6) is 0 Å². The zero-order valence-corrected chi connectivity index (χ0v) is 18.3. The van der Waals surface area contributed by atoms with Crippen molar-refractivity contribution >= 4 is 33.8 Å². The monoisotopic (exact) mass is 479 g/mol. The van der Waals surface area contributed by atoms with Crippen molar-refractivity contribution in [1.29, 1.82) is 0 Å². The molecule has 1 N–H and O–H groups in total. The second-order valence-electron chi connectivity index (χ2n) is 7.50. The molecule has 10 heteroatoms. The summed E-state index contributed by atoms with van der Waals surface area (Å²) in [4.78, 5) is 22.4. The molecule has 1 amide bonds. The molecule has 2 aromatic carbocycles. The number of fused-ring (bicyclic) bond motifs is 1. The van der Waals surface area contributed by atoms with E-state index in [0.717, 1.165) is 15.1 Å². The summed E-state index contributed by atoms with van der Waals surface area (Å²) >= 11 is 1.52. The normalized spacial score (nSPS) is 11.6. The predicted molar refractivity (Wildman–Crippen MR) is 125 cm³/mol. The lowest BCUT2D eigenvalue weighted by molar-refractivity contribution is -0.142. The molecule has 170 valence electrons. The van der Waals surface area contributed by atoms with Crippen molar-refractivity contribution in [1.82, 2.24) is 19.7 Å². The Labute approximate surface area is 195 Å². The van der Waals surface area contributed by atoms with Gasteiger partial charge in [0.25, 0.3) is 5.91 Å². The molecule has 0 atom stereocenters. The number of pyridine rings is 1. The van der Waals surface area contributed by atoms with Crippen molar-refractivity contribution in [3.05, 3.63) is 84.4 Å². The number of carbonyl (C=O) groups is 1. The smallest absolute Gasteiger partial charge is 0.320 e. The molecule has 0 aliphatic carbocycles. The highest BCUT2D eigenvalue weighted by atomic mass is 32.1. The van der Waals surface area contributed by atoms with Crippen LogP contribution in [-0.4, -0.2) is 31.8 Å². The number of carbonyl (C=O) groups excluding carboxylic acids is 1. The van der Waals surface area contributed by atoms with Gasteiger partial charge in [0, 0.05) is 35.1 Å². The molecule has 5 aromatic rings. The molecule has 0 spiro atoms. The summed E-state index contributed by atoms with van der Waals surface area (Å²) in [5.41, 5.74) is 5.43. The van der Waals surface area contributed by atoms with Crippen molar-refractivity contribution in [2.75, 3.05) is 5.32 Å². The molecule has 3 heterocycles. The Hall–Kier alpha value is -4.05. The number of hydrogen-bond donors (Lipinski definition) is 1. The summed E-state index contributed by atoms with van der Waals surface area (Å²) in [6.45, 7) is -1.17. The van der Waals surface area contributed by atoms with Crippen LogP contribution < -0.4 is 5.32 Å². The Balaban J connectivity index is 1.42. The van der Waals surface area contributed by atoms with Gasteiger partial charge in [0.1, 0.15) is 6.54 Å². The SMILES string of the molecule is O=C(Nc1cccc2c(-c3cnn(CC(F)(F)F)c3)ccnc12)c1ccc(-c2cncs2)cc1. The van der Waals surface area contributed by atoms with Gasteiger partial charge in [0.2, 0.25) is 0 Å². The van der Waals surface area contributed by atoms with E-state index in [4.69, 9.17) is 0 Å². The zero-order chi connectivity index (χ0) is 23.7. The fourth-order valence-electron chi connectivity index (χ4n) is 3.64. The number of anilines is 1. The van der Waals surface area contributed by atoms with Gasteiger partial charge in [-0.05, 0) is 35.4 Å². The molecule has 0 aliphatic rings. The van der Waals surface area contributed by atoms with E-state index in [1.165, 1.54) is 23.7 Å². The number of hydrogen-bond acceptors (Lipinski definition) is 5. The van der Waals surface area contributed by atoms with E-state index in [1.54, 1.807) is 54.3 Å². The van der Waals surface area contributed by atoms with E-state index < -0.39 is 12.7 Å². The minimum absolute atomic E-state index is 0.298. The predicted octanol–water partition coefficient (Wildman–Crippen LogP) is 6.04. The van der Waals surface area contributed by atoms with E-state index in [1.807, 2.05) is 12.1 Å². The van der Waals surface area contributed by atoms with E-state index in [0.29, 0.717) is 33.3 Å². The Morgan fingerprint density at radius 1 is 1.03 bits per heavy atom. The Morgan fingerprint density at radius 2 is 1.85 bits per heavy atom. The van der Waals surface area contributed by atoms with Crippen molar-refractivity contribution in [3.8, 4) is 21.6 Å². The third-order valence-electron chi connectivity index (χ3n) is 5.17. The third kappa shape index (κ3) is 4.53. The van der Waals surface area contributed by atoms with Gasteiger partial charge in [-0.2, -0.15) is 18.3 Å². The zero-order valence-electron chi connectivity index (χ0n) is 17.5. The highest BCUT2D eigenvalue weighted by molar-refractivity contribution is 7.13. The molecule has 0 saturated carbocycles. The Morgan fingerprint density at radius 3 is 2.59 bits per heavy atom. The second kappa shape index (κ2) is 8.71. The summed E-state index contributed by atoms with van der Waals surface area (Å²) in [7, 11) is 0. The summed E-state index contributed by atoms with van der Waals surface area (Å²) < 4.78 is 39.0. The maximum atomic E-state index is 12.9. The molecule has 0 bridgehead atoms. The first-order chi connectivity index (χ1) is 16.4. The lowest BCUT2D eigenvalue weighted by Gasteiger charge is -2.11. The van der Waals surface area contributed by atoms with Gasteiger partial charge >= 0.3 is 6.18 Å². The summed E-state index contributed by atoms with van der Waals surface area (Å²) in [5.74, 6) is -0.298. The fourth-order valence-corrected chi connectivity index (χ4v) is 4.27. The van der Waals surface area contributed by atoms with E-state index in [2.05, 4.69) is 20.4 Å². The lowest BCUT2D eigenvalue weighted by Crippen LogP contribution is -2.17. The highest BCUT2D eigenvalue weighted by Gasteiger charge is 2.28. The van der Waals surface area contributed by atoms with Crippen LogP contribution in [0.15, 0.2) is 78.8 Å². The average molecular weight is 479 g/mol. The molecule has 3 aromatic heterocycles. The quantitative estimate of drug-likeness (QED) is 0.334. The van der Waals surface area contributed by atoms with Gasteiger partial charge in [-0.3, -0.25) is 19.4 Å². The first-order valence-corrected chi connectivity index (χ1v) is 11.0. The van der Waals surface area contributed by atoms with Crippen LogP contribution in [0.3, 0.4) is 0 Å². The number of aromatic nitrogens is 4. The van der Waals surface area contributed by atoms with E-state index in [9.17, 15) is 18.0 Å². The first-order valence-electron chi connectivity index (χ1n) is 10.1. The van der Waals surface area contributed by atoms with Crippen LogP contribution in [0.4, 0.5) is 18.9 Å². The van der Waals surface area contributed by atoms with Crippen LogP contribution in [0.2, 0.25) is 0 Å². The largest absolute Gasteiger partial charge is 0.408 e. The van der Waals surface area contributed by atoms with Gasteiger partial charge in [-0.15, -0.1) is 11.3 Å². The third-order valence-corrected chi connectivity index (χ3v) is 5.99. The number of alkyl halides is 3. The van der Waals surface area contributed by atoms with Crippen LogP contribution in [0.25, 0.3) is 32.5 Å². The molecule has 0 radical (unpaired) electrons. The van der Waals surface area contributed by atoms with Crippen molar-refractivity contribution in [2.24, 2.45) is 0 Å². The molecular weight excluding hydrogens is 463 g/mol. The average Bonchev–Trinajstić information content (AvgIpc) is 3.50. The molecular formula is C24H16F3N5OS. The van der Waals surface area contributed by atoms with Crippen molar-refractivity contribution < 1.29 is 18.0 Å². The molecule has 0 unspecified atom stereocenters. The number of thiazole rings is 1. The second-order valence-corrected chi connectivity index (χ2v) is 8.39. The van der Waals surface area contributed by atoms with Crippen molar-refractivity contribution in [3.63, 3.8) is 0 Å². The number of nitrogens with zero attached hydrogens (tertiary/aromatic N) is 4. The number of amides is 1. The van der Waals surface area contributed by atoms with E-state index in [-0.39, 0.29) is 5.91 Å². The molecule has 0 saturated heterocycles. The molecule has 6 nitrogen and oxygen atoms in total. The molecule has 34 heavy (non-hydrogen) atoms. The molecule has 0 aliphatic heterocycles. The van der Waals surface area contributed by atoms with Gasteiger partial charge in [0.05, 0.1) is 27.8 Å². The number of rotatable bonds is 5. The lowest BCUT2D eigenvalue weighted by atomic mass is 10.0.